The first-order valence-electron chi connectivity index (χ1n) is 6.01. The van der Waals surface area contributed by atoms with E-state index in [0.717, 1.165) is 16.0 Å². The van der Waals surface area contributed by atoms with E-state index in [2.05, 4.69) is 33.0 Å². The van der Waals surface area contributed by atoms with Gasteiger partial charge in [0.1, 0.15) is 4.99 Å². The zero-order chi connectivity index (χ0) is 12.0. The second-order valence-electron chi connectivity index (χ2n) is 5.01. The molecule has 1 aliphatic carbocycles. The Hall–Kier alpha value is -0.610. The molecule has 4 heteroatoms. The molecule has 1 heterocycles. The maximum Gasteiger partial charge on any atom is 0.106 e. The zero-order valence-corrected chi connectivity index (χ0v) is 11.9. The Morgan fingerprint density at radius 2 is 2.24 bits per heavy atom. The number of nitrogens with two attached hydrogens (primary N) is 1. The first kappa shape index (κ1) is 11.5. The molecule has 2 fully saturated rings. The highest BCUT2D eigenvalue weighted by Crippen LogP contribution is 2.41. The van der Waals surface area contributed by atoms with Crippen LogP contribution in [0.4, 0.5) is 5.69 Å². The summed E-state index contributed by atoms with van der Waals surface area (Å²) in [6, 6.07) is 6.95. The van der Waals surface area contributed by atoms with E-state index < -0.39 is 0 Å². The first-order valence-corrected chi connectivity index (χ1v) is 7.21. The Kier molecular flexibility index (Phi) is 2.87. The van der Waals surface area contributed by atoms with Crippen molar-refractivity contribution < 1.29 is 0 Å². The Morgan fingerprint density at radius 1 is 1.41 bits per heavy atom. The number of piperidine rings is 1. The summed E-state index contributed by atoms with van der Waals surface area (Å²) in [5, 5.41) is 0. The van der Waals surface area contributed by atoms with E-state index in [-0.39, 0.29) is 0 Å². The monoisotopic (exact) mass is 310 g/mol. The number of hydrogen-bond donors (Lipinski definition) is 1. The van der Waals surface area contributed by atoms with Crippen LogP contribution in [0.5, 0.6) is 0 Å². The minimum atomic E-state index is 0.490. The third kappa shape index (κ3) is 1.97. The van der Waals surface area contributed by atoms with Crippen LogP contribution in [0.15, 0.2) is 22.7 Å². The van der Waals surface area contributed by atoms with Gasteiger partial charge in [0.05, 0.1) is 0 Å². The molecule has 0 radical (unpaired) electrons. The van der Waals surface area contributed by atoms with Crippen molar-refractivity contribution in [2.45, 2.75) is 25.3 Å². The van der Waals surface area contributed by atoms with E-state index in [4.69, 9.17) is 18.0 Å². The van der Waals surface area contributed by atoms with Crippen molar-refractivity contribution in [3.63, 3.8) is 0 Å². The van der Waals surface area contributed by atoms with Crippen molar-refractivity contribution in [3.8, 4) is 0 Å². The second kappa shape index (κ2) is 4.25. The lowest BCUT2D eigenvalue weighted by Crippen LogP contribution is -2.33. The molecule has 2 unspecified atom stereocenters. The standard InChI is InChI=1S/C13H15BrN2S/c14-9-2-4-12(11(6-9)13(15)17)16-7-8-1-3-10(16)5-8/h2,4,6,8,10H,1,3,5,7H2,(H2,15,17). The smallest absolute Gasteiger partial charge is 0.106 e. The number of hydrogen-bond acceptors (Lipinski definition) is 2. The van der Waals surface area contributed by atoms with Gasteiger partial charge < -0.3 is 10.6 Å². The molecular weight excluding hydrogens is 296 g/mol. The van der Waals surface area contributed by atoms with E-state index >= 15 is 0 Å². The van der Waals surface area contributed by atoms with Crippen LogP contribution in [0.25, 0.3) is 0 Å². The summed E-state index contributed by atoms with van der Waals surface area (Å²) >= 11 is 8.64. The molecule has 3 rings (SSSR count). The number of fused-ring (bicyclic) bond motifs is 2. The van der Waals surface area contributed by atoms with Gasteiger partial charge in [0, 0.05) is 28.3 Å². The van der Waals surface area contributed by atoms with E-state index in [9.17, 15) is 0 Å². The Bertz CT molecular complexity index is 474. The van der Waals surface area contributed by atoms with E-state index in [1.54, 1.807) is 0 Å². The fraction of sp³-hybridized carbons (Fsp3) is 0.462. The summed E-state index contributed by atoms with van der Waals surface area (Å²) in [4.78, 5) is 2.99. The van der Waals surface area contributed by atoms with Gasteiger partial charge in [0.25, 0.3) is 0 Å². The quantitative estimate of drug-likeness (QED) is 0.851. The SMILES string of the molecule is NC(=S)c1cc(Br)ccc1N1CC2CCC1C2. The molecule has 2 atom stereocenters. The average Bonchev–Trinajstić information content (AvgIpc) is 2.90. The van der Waals surface area contributed by atoms with Gasteiger partial charge in [-0.15, -0.1) is 0 Å². The normalized spacial score (nSPS) is 26.5. The molecule has 2 bridgehead atoms. The van der Waals surface area contributed by atoms with E-state index in [1.165, 1.54) is 31.5 Å². The van der Waals surface area contributed by atoms with Gasteiger partial charge in [-0.2, -0.15) is 0 Å². The fourth-order valence-corrected chi connectivity index (χ4v) is 3.70. The lowest BCUT2D eigenvalue weighted by molar-refractivity contribution is 0.553. The number of halogens is 1. The molecule has 2 aliphatic rings. The van der Waals surface area contributed by atoms with E-state index in [1.807, 2.05) is 6.07 Å². The summed E-state index contributed by atoms with van der Waals surface area (Å²) in [5.74, 6) is 0.878. The summed E-state index contributed by atoms with van der Waals surface area (Å²) in [5.41, 5.74) is 8.05. The lowest BCUT2D eigenvalue weighted by atomic mass is 10.1. The van der Waals surface area contributed by atoms with Crippen LogP contribution < -0.4 is 10.6 Å². The van der Waals surface area contributed by atoms with Gasteiger partial charge in [0.15, 0.2) is 0 Å². The minimum absolute atomic E-state index is 0.490. The number of rotatable bonds is 2. The molecule has 2 nitrogen and oxygen atoms in total. The lowest BCUT2D eigenvalue weighted by Gasteiger charge is -2.31. The molecular formula is C13H15BrN2S. The van der Waals surface area contributed by atoms with Crippen molar-refractivity contribution in [2.24, 2.45) is 11.7 Å². The van der Waals surface area contributed by atoms with Crippen LogP contribution in [-0.4, -0.2) is 17.6 Å². The van der Waals surface area contributed by atoms with Gasteiger partial charge in [-0.1, -0.05) is 28.1 Å². The predicted octanol–water partition coefficient (Wildman–Crippen LogP) is 3.07. The van der Waals surface area contributed by atoms with Crippen LogP contribution in [0.2, 0.25) is 0 Å². The summed E-state index contributed by atoms with van der Waals surface area (Å²) in [7, 11) is 0. The molecule has 1 aromatic carbocycles. The van der Waals surface area contributed by atoms with Crippen LogP contribution in [-0.2, 0) is 0 Å². The maximum atomic E-state index is 5.83. The Balaban J connectivity index is 2.00. The average molecular weight is 311 g/mol. The second-order valence-corrected chi connectivity index (χ2v) is 6.37. The third-order valence-corrected chi connectivity index (χ3v) is 4.66. The molecule has 1 saturated carbocycles. The number of anilines is 1. The highest BCUT2D eigenvalue weighted by Gasteiger charge is 2.38. The topological polar surface area (TPSA) is 29.3 Å². The first-order chi connectivity index (χ1) is 8.15. The van der Waals surface area contributed by atoms with Crippen LogP contribution in [0.1, 0.15) is 24.8 Å². The largest absolute Gasteiger partial charge is 0.389 e. The van der Waals surface area contributed by atoms with Gasteiger partial charge in [-0.05, 0) is 43.4 Å². The molecule has 90 valence electrons. The molecule has 0 spiro atoms. The van der Waals surface area contributed by atoms with Gasteiger partial charge in [0.2, 0.25) is 0 Å². The van der Waals surface area contributed by atoms with Crippen molar-refractivity contribution in [1.29, 1.82) is 0 Å². The molecule has 0 amide bonds. The predicted molar refractivity (Wildman–Crippen MR) is 78.5 cm³/mol. The zero-order valence-electron chi connectivity index (χ0n) is 9.53. The van der Waals surface area contributed by atoms with Crippen LogP contribution >= 0.6 is 28.1 Å². The summed E-state index contributed by atoms with van der Waals surface area (Å²) in [6.45, 7) is 1.17. The number of thiocarbonyl (C=S) groups is 1. The van der Waals surface area contributed by atoms with Gasteiger partial charge in [-0.3, -0.25) is 0 Å². The van der Waals surface area contributed by atoms with E-state index in [0.29, 0.717) is 11.0 Å². The molecule has 17 heavy (non-hydrogen) atoms. The Labute approximate surface area is 115 Å². The molecule has 1 saturated heterocycles. The van der Waals surface area contributed by atoms with Crippen molar-refractivity contribution in [2.75, 3.05) is 11.4 Å². The molecule has 2 N–H and O–H groups in total. The van der Waals surface area contributed by atoms with Crippen molar-refractivity contribution in [3.05, 3.63) is 28.2 Å². The minimum Gasteiger partial charge on any atom is -0.389 e. The summed E-state index contributed by atoms with van der Waals surface area (Å²) < 4.78 is 1.04. The van der Waals surface area contributed by atoms with Crippen molar-refractivity contribution >= 4 is 38.8 Å². The molecule has 1 aromatic rings. The summed E-state index contributed by atoms with van der Waals surface area (Å²) in [6.07, 6.45) is 4.05. The third-order valence-electron chi connectivity index (χ3n) is 3.94. The highest BCUT2D eigenvalue weighted by atomic mass is 79.9. The van der Waals surface area contributed by atoms with Crippen LogP contribution in [0, 0.1) is 5.92 Å². The molecule has 1 aliphatic heterocycles. The Morgan fingerprint density at radius 3 is 2.82 bits per heavy atom. The van der Waals surface area contributed by atoms with Crippen LogP contribution in [0.3, 0.4) is 0 Å². The maximum absolute atomic E-state index is 5.83. The highest BCUT2D eigenvalue weighted by molar-refractivity contribution is 9.10. The van der Waals surface area contributed by atoms with Gasteiger partial charge >= 0.3 is 0 Å². The van der Waals surface area contributed by atoms with Gasteiger partial charge in [-0.25, -0.2) is 0 Å². The number of nitrogens with zero attached hydrogens (tertiary/aromatic N) is 1. The molecule has 0 aromatic heterocycles. The number of benzene rings is 1. The fourth-order valence-electron chi connectivity index (χ4n) is 3.18. The van der Waals surface area contributed by atoms with Crippen molar-refractivity contribution in [1.82, 2.24) is 0 Å².